The Morgan fingerprint density at radius 1 is 0.929 bits per heavy atom. The van der Waals surface area contributed by atoms with E-state index in [0.29, 0.717) is 6.61 Å². The Balaban J connectivity index is 1.44. The average Bonchev–Trinajstić information content (AvgIpc) is 3.16. The zero-order valence-electron chi connectivity index (χ0n) is 16.2. The molecule has 0 spiro atoms. The SMILES string of the molecule is COC1(c2ccc3c(c2)OC(c2ccc4ccccc4c2)O3)CCOC(C)C1. The predicted molar refractivity (Wildman–Crippen MR) is 108 cm³/mol. The summed E-state index contributed by atoms with van der Waals surface area (Å²) in [6.45, 7) is 2.79. The number of benzene rings is 3. The van der Waals surface area contributed by atoms with Gasteiger partial charge in [-0.3, -0.25) is 0 Å². The van der Waals surface area contributed by atoms with Crippen molar-refractivity contribution >= 4 is 10.8 Å². The monoisotopic (exact) mass is 376 g/mol. The highest BCUT2D eigenvalue weighted by atomic mass is 16.7. The second-order valence-electron chi connectivity index (χ2n) is 7.67. The molecule has 0 amide bonds. The normalized spacial score (nSPS) is 26.5. The minimum absolute atomic E-state index is 0.171. The zero-order chi connectivity index (χ0) is 19.1. The molecule has 0 bridgehead atoms. The van der Waals surface area contributed by atoms with E-state index in [1.165, 1.54) is 10.8 Å². The predicted octanol–water partition coefficient (Wildman–Crippen LogP) is 5.35. The second kappa shape index (κ2) is 6.80. The van der Waals surface area contributed by atoms with Gasteiger partial charge in [-0.15, -0.1) is 0 Å². The quantitative estimate of drug-likeness (QED) is 0.617. The first-order valence-electron chi connectivity index (χ1n) is 9.80. The number of hydrogen-bond acceptors (Lipinski definition) is 4. The fraction of sp³-hybridized carbons (Fsp3) is 0.333. The van der Waals surface area contributed by atoms with Crippen molar-refractivity contribution in [3.63, 3.8) is 0 Å². The van der Waals surface area contributed by atoms with E-state index in [-0.39, 0.29) is 11.7 Å². The summed E-state index contributed by atoms with van der Waals surface area (Å²) in [5, 5.41) is 2.39. The lowest BCUT2D eigenvalue weighted by Crippen LogP contribution is -2.39. The lowest BCUT2D eigenvalue weighted by atomic mass is 9.83. The molecule has 3 aromatic carbocycles. The fourth-order valence-electron chi connectivity index (χ4n) is 4.34. The number of ether oxygens (including phenoxy) is 4. The minimum atomic E-state index is -0.429. The molecule has 0 saturated carbocycles. The number of hydrogen-bond donors (Lipinski definition) is 0. The van der Waals surface area contributed by atoms with Crippen LogP contribution in [0.2, 0.25) is 0 Å². The first kappa shape index (κ1) is 17.5. The van der Waals surface area contributed by atoms with Gasteiger partial charge in [0, 0.05) is 25.5 Å². The van der Waals surface area contributed by atoms with Crippen LogP contribution in [0.15, 0.2) is 60.7 Å². The van der Waals surface area contributed by atoms with Crippen LogP contribution in [0.5, 0.6) is 11.5 Å². The van der Waals surface area contributed by atoms with Crippen LogP contribution in [0.3, 0.4) is 0 Å². The van der Waals surface area contributed by atoms with Crippen LogP contribution in [-0.2, 0) is 15.1 Å². The molecule has 4 nitrogen and oxygen atoms in total. The molecular weight excluding hydrogens is 352 g/mol. The van der Waals surface area contributed by atoms with E-state index in [1.54, 1.807) is 7.11 Å². The number of methoxy groups -OCH3 is 1. The van der Waals surface area contributed by atoms with Crippen LogP contribution >= 0.6 is 0 Å². The molecule has 3 unspecified atom stereocenters. The third-order valence-corrected chi connectivity index (χ3v) is 5.90. The molecule has 1 fully saturated rings. The molecule has 0 N–H and O–H groups in total. The largest absolute Gasteiger partial charge is 0.447 e. The zero-order valence-corrected chi connectivity index (χ0v) is 16.2. The Hall–Kier alpha value is -2.56. The van der Waals surface area contributed by atoms with Crippen LogP contribution in [0.1, 0.15) is 37.2 Å². The molecule has 0 aliphatic carbocycles. The molecule has 0 aromatic heterocycles. The van der Waals surface area contributed by atoms with E-state index >= 15 is 0 Å². The van der Waals surface area contributed by atoms with Crippen molar-refractivity contribution in [2.75, 3.05) is 13.7 Å². The molecule has 5 rings (SSSR count). The standard InChI is InChI=1S/C24H24O4/c1-16-15-24(25-2,11-12-26-16)20-9-10-21-22(14-20)28-23(27-21)19-8-7-17-5-3-4-6-18(17)13-19/h3-10,13-14,16,23H,11-12,15H2,1-2H3. The van der Waals surface area contributed by atoms with Gasteiger partial charge in [-0.25, -0.2) is 0 Å². The van der Waals surface area contributed by atoms with Gasteiger partial charge in [0.15, 0.2) is 11.5 Å². The smallest absolute Gasteiger partial charge is 0.267 e. The van der Waals surface area contributed by atoms with E-state index in [1.807, 2.05) is 18.2 Å². The Morgan fingerprint density at radius 3 is 2.57 bits per heavy atom. The maximum atomic E-state index is 6.18. The lowest BCUT2D eigenvalue weighted by molar-refractivity contribution is -0.122. The van der Waals surface area contributed by atoms with Crippen molar-refractivity contribution in [1.29, 1.82) is 0 Å². The molecule has 2 aliphatic heterocycles. The summed E-state index contributed by atoms with van der Waals surface area (Å²) in [6, 6.07) is 20.8. The van der Waals surface area contributed by atoms with Crippen molar-refractivity contribution in [3.05, 3.63) is 71.8 Å². The molecule has 3 aromatic rings. The van der Waals surface area contributed by atoms with Crippen LogP contribution in [0.4, 0.5) is 0 Å². The van der Waals surface area contributed by atoms with Gasteiger partial charge in [0.2, 0.25) is 0 Å². The van der Waals surface area contributed by atoms with Crippen molar-refractivity contribution in [2.24, 2.45) is 0 Å². The first-order chi connectivity index (χ1) is 13.7. The van der Waals surface area contributed by atoms with Crippen LogP contribution < -0.4 is 9.47 Å². The van der Waals surface area contributed by atoms with E-state index in [0.717, 1.165) is 35.5 Å². The van der Waals surface area contributed by atoms with Crippen LogP contribution in [-0.4, -0.2) is 19.8 Å². The maximum absolute atomic E-state index is 6.18. The molecule has 144 valence electrons. The molecule has 2 heterocycles. The number of fused-ring (bicyclic) bond motifs is 2. The van der Waals surface area contributed by atoms with Crippen molar-refractivity contribution in [3.8, 4) is 11.5 Å². The average molecular weight is 376 g/mol. The summed E-state index contributed by atoms with van der Waals surface area (Å²) in [4.78, 5) is 0. The Labute approximate surface area is 165 Å². The van der Waals surface area contributed by atoms with Gasteiger partial charge in [-0.05, 0) is 41.5 Å². The highest BCUT2D eigenvalue weighted by Gasteiger charge is 2.39. The van der Waals surface area contributed by atoms with Crippen LogP contribution in [0.25, 0.3) is 10.8 Å². The topological polar surface area (TPSA) is 36.9 Å². The van der Waals surface area contributed by atoms with Gasteiger partial charge in [-0.1, -0.05) is 42.5 Å². The summed E-state index contributed by atoms with van der Waals surface area (Å²) >= 11 is 0. The fourth-order valence-corrected chi connectivity index (χ4v) is 4.34. The van der Waals surface area contributed by atoms with Crippen LogP contribution in [0, 0.1) is 0 Å². The summed E-state index contributed by atoms with van der Waals surface area (Å²) < 4.78 is 24.0. The highest BCUT2D eigenvalue weighted by Crippen LogP contribution is 2.45. The van der Waals surface area contributed by atoms with Gasteiger partial charge < -0.3 is 18.9 Å². The van der Waals surface area contributed by atoms with Gasteiger partial charge >= 0.3 is 0 Å². The maximum Gasteiger partial charge on any atom is 0.267 e. The van der Waals surface area contributed by atoms with Crippen molar-refractivity contribution in [1.82, 2.24) is 0 Å². The lowest BCUT2D eigenvalue weighted by Gasteiger charge is -2.39. The van der Waals surface area contributed by atoms with Gasteiger partial charge in [0.05, 0.1) is 18.3 Å². The van der Waals surface area contributed by atoms with Gasteiger partial charge in [0.1, 0.15) is 0 Å². The summed E-state index contributed by atoms with van der Waals surface area (Å²) in [5.74, 6) is 1.54. The van der Waals surface area contributed by atoms with E-state index in [9.17, 15) is 0 Å². The highest BCUT2D eigenvalue weighted by molar-refractivity contribution is 5.83. The summed E-state index contributed by atoms with van der Waals surface area (Å²) in [7, 11) is 1.78. The van der Waals surface area contributed by atoms with Gasteiger partial charge in [0.25, 0.3) is 6.29 Å². The molecule has 1 saturated heterocycles. The molecule has 0 radical (unpaired) electrons. The molecule has 4 heteroatoms. The van der Waals surface area contributed by atoms with Crippen molar-refractivity contribution in [2.45, 2.75) is 37.8 Å². The van der Waals surface area contributed by atoms with Gasteiger partial charge in [-0.2, -0.15) is 0 Å². The minimum Gasteiger partial charge on any atom is -0.447 e. The number of rotatable bonds is 3. The van der Waals surface area contributed by atoms with E-state index < -0.39 is 6.29 Å². The Bertz CT molecular complexity index is 1010. The van der Waals surface area contributed by atoms with E-state index in [4.69, 9.17) is 18.9 Å². The Morgan fingerprint density at radius 2 is 1.75 bits per heavy atom. The molecule has 2 aliphatic rings. The molecular formula is C24H24O4. The van der Waals surface area contributed by atoms with E-state index in [2.05, 4.69) is 49.4 Å². The summed E-state index contributed by atoms with van der Waals surface area (Å²) in [6.07, 6.45) is 1.41. The molecule has 28 heavy (non-hydrogen) atoms. The Kier molecular flexibility index (Phi) is 4.26. The summed E-state index contributed by atoms with van der Waals surface area (Å²) in [5.41, 5.74) is 1.79. The molecule has 3 atom stereocenters. The second-order valence-corrected chi connectivity index (χ2v) is 7.67. The third-order valence-electron chi connectivity index (χ3n) is 5.90. The first-order valence-corrected chi connectivity index (χ1v) is 9.80. The van der Waals surface area contributed by atoms with Crippen molar-refractivity contribution < 1.29 is 18.9 Å². The third kappa shape index (κ3) is 2.93.